The third-order valence-corrected chi connectivity index (χ3v) is 5.17. The van der Waals surface area contributed by atoms with Crippen LogP contribution in [0.5, 0.6) is 0 Å². The summed E-state index contributed by atoms with van der Waals surface area (Å²) in [5, 5.41) is 0. The van der Waals surface area contributed by atoms with Gasteiger partial charge in [-0.1, -0.05) is 52.0 Å². The molecule has 1 aromatic rings. The van der Waals surface area contributed by atoms with Crippen LogP contribution in [0.25, 0.3) is 0 Å². The van der Waals surface area contributed by atoms with E-state index in [2.05, 4.69) is 38.1 Å². The Labute approximate surface area is 106 Å². The summed E-state index contributed by atoms with van der Waals surface area (Å²) in [4.78, 5) is 0. The zero-order valence-electron chi connectivity index (χ0n) is 11.8. The molecule has 0 saturated heterocycles. The van der Waals surface area contributed by atoms with Gasteiger partial charge in [-0.05, 0) is 54.1 Å². The number of hydrogen-bond acceptors (Lipinski definition) is 0. The van der Waals surface area contributed by atoms with E-state index in [-0.39, 0.29) is 0 Å². The first-order chi connectivity index (χ1) is 8.22. The van der Waals surface area contributed by atoms with Gasteiger partial charge in [-0.2, -0.15) is 0 Å². The van der Waals surface area contributed by atoms with Crippen molar-refractivity contribution in [1.82, 2.24) is 0 Å². The normalized spacial score (nSPS) is 34.4. The minimum Gasteiger partial charge on any atom is -0.0683 e. The lowest BCUT2D eigenvalue weighted by molar-refractivity contribution is -0.0448. The van der Waals surface area contributed by atoms with Crippen molar-refractivity contribution in [3.05, 3.63) is 35.4 Å². The van der Waals surface area contributed by atoms with E-state index in [0.29, 0.717) is 5.41 Å². The largest absolute Gasteiger partial charge is 0.0683 e. The van der Waals surface area contributed by atoms with Crippen molar-refractivity contribution in [3.63, 3.8) is 0 Å². The van der Waals surface area contributed by atoms with E-state index >= 15 is 0 Å². The second-order valence-electron chi connectivity index (χ2n) is 5.72. The molecule has 2 unspecified atom stereocenters. The van der Waals surface area contributed by atoms with E-state index in [1.165, 1.54) is 25.7 Å². The Morgan fingerprint density at radius 3 is 2.18 bits per heavy atom. The highest BCUT2D eigenvalue weighted by atomic mass is 14.5. The Hall–Kier alpha value is -0.780. The van der Waals surface area contributed by atoms with Gasteiger partial charge in [0.25, 0.3) is 0 Å². The molecular weight excluding hydrogens is 204 g/mol. The summed E-state index contributed by atoms with van der Waals surface area (Å²) in [5.74, 6) is 1.89. The molecule has 0 N–H and O–H groups in total. The van der Waals surface area contributed by atoms with Gasteiger partial charge in [0.2, 0.25) is 0 Å². The lowest BCUT2D eigenvalue weighted by Gasteiger charge is -2.56. The summed E-state index contributed by atoms with van der Waals surface area (Å²) in [5.41, 5.74) is 3.89. The third kappa shape index (κ3) is 1.92. The zero-order chi connectivity index (χ0) is 12.5. The molecule has 0 radical (unpaired) electrons. The molecule has 0 bridgehead atoms. The van der Waals surface area contributed by atoms with E-state index < -0.39 is 0 Å². The summed E-state index contributed by atoms with van der Waals surface area (Å²) < 4.78 is 0. The highest BCUT2D eigenvalue weighted by Gasteiger charge is 2.50. The van der Waals surface area contributed by atoms with Gasteiger partial charge in [-0.15, -0.1) is 0 Å². The van der Waals surface area contributed by atoms with Gasteiger partial charge in [0.1, 0.15) is 0 Å². The summed E-state index contributed by atoms with van der Waals surface area (Å²) in [6, 6.07) is 9.04. The highest BCUT2D eigenvalue weighted by molar-refractivity contribution is 5.32. The Balaban J connectivity index is 0.000000514. The topological polar surface area (TPSA) is 0 Å². The van der Waals surface area contributed by atoms with Crippen LogP contribution in [0.15, 0.2) is 24.3 Å². The zero-order valence-corrected chi connectivity index (χ0v) is 11.8. The molecule has 1 aromatic carbocycles. The summed E-state index contributed by atoms with van der Waals surface area (Å²) >= 11 is 0. The molecule has 94 valence electrons. The van der Waals surface area contributed by atoms with Crippen molar-refractivity contribution in [3.8, 4) is 0 Å². The second kappa shape index (κ2) is 4.84. The molecule has 1 spiro atoms. The van der Waals surface area contributed by atoms with Crippen LogP contribution >= 0.6 is 0 Å². The number of fused-ring (bicyclic) bond motifs is 1. The molecule has 2 aliphatic rings. The molecule has 1 saturated carbocycles. The average molecular weight is 230 g/mol. The van der Waals surface area contributed by atoms with Gasteiger partial charge in [-0.3, -0.25) is 0 Å². The van der Waals surface area contributed by atoms with Crippen molar-refractivity contribution in [2.45, 2.75) is 53.4 Å². The van der Waals surface area contributed by atoms with E-state index in [4.69, 9.17) is 0 Å². The summed E-state index contributed by atoms with van der Waals surface area (Å²) in [7, 11) is 0. The van der Waals surface area contributed by atoms with Crippen LogP contribution in [0.2, 0.25) is 0 Å². The Morgan fingerprint density at radius 1 is 1.00 bits per heavy atom. The fourth-order valence-electron chi connectivity index (χ4n) is 3.95. The van der Waals surface area contributed by atoms with Gasteiger partial charge in [0.15, 0.2) is 0 Å². The van der Waals surface area contributed by atoms with Gasteiger partial charge >= 0.3 is 0 Å². The van der Waals surface area contributed by atoms with Crippen LogP contribution in [0, 0.1) is 17.3 Å². The number of benzene rings is 1. The molecule has 0 heteroatoms. The van der Waals surface area contributed by atoms with Gasteiger partial charge in [0, 0.05) is 0 Å². The van der Waals surface area contributed by atoms with Crippen LogP contribution in [-0.4, -0.2) is 0 Å². The lowest BCUT2D eigenvalue weighted by Crippen LogP contribution is -2.50. The highest BCUT2D eigenvalue weighted by Crippen LogP contribution is 2.58. The number of rotatable bonds is 0. The average Bonchev–Trinajstić information content (AvgIpc) is 2.41. The number of hydrogen-bond donors (Lipinski definition) is 0. The Bertz CT molecular complexity index is 369. The number of aryl methyl sites for hydroxylation is 1. The van der Waals surface area contributed by atoms with E-state index in [0.717, 1.165) is 11.8 Å². The lowest BCUT2D eigenvalue weighted by atomic mass is 9.48. The second-order valence-corrected chi connectivity index (χ2v) is 5.72. The molecule has 1 fully saturated rings. The molecule has 0 amide bonds. The first kappa shape index (κ1) is 12.7. The maximum Gasteiger partial charge on any atom is -0.0202 e. The third-order valence-electron chi connectivity index (χ3n) is 5.17. The van der Waals surface area contributed by atoms with E-state index in [1.54, 1.807) is 11.1 Å². The van der Waals surface area contributed by atoms with Crippen LogP contribution in [0.1, 0.15) is 51.7 Å². The predicted molar refractivity (Wildman–Crippen MR) is 75.2 cm³/mol. The fourth-order valence-corrected chi connectivity index (χ4v) is 3.95. The fraction of sp³-hybridized carbons (Fsp3) is 0.647. The Morgan fingerprint density at radius 2 is 1.59 bits per heavy atom. The summed E-state index contributed by atoms with van der Waals surface area (Å²) in [6.07, 6.45) is 5.52. The van der Waals surface area contributed by atoms with Crippen LogP contribution in [0.4, 0.5) is 0 Å². The minimum absolute atomic E-state index is 0.661. The Kier molecular flexibility index (Phi) is 3.61. The molecule has 0 heterocycles. The van der Waals surface area contributed by atoms with Crippen molar-refractivity contribution >= 4 is 0 Å². The predicted octanol–water partition coefficient (Wildman–Crippen LogP) is 4.86. The van der Waals surface area contributed by atoms with Crippen molar-refractivity contribution in [1.29, 1.82) is 0 Å². The van der Waals surface area contributed by atoms with Crippen molar-refractivity contribution in [2.24, 2.45) is 17.3 Å². The van der Waals surface area contributed by atoms with Crippen LogP contribution < -0.4 is 0 Å². The van der Waals surface area contributed by atoms with Gasteiger partial charge < -0.3 is 0 Å². The molecule has 17 heavy (non-hydrogen) atoms. The molecule has 3 rings (SSSR count). The maximum atomic E-state index is 2.45. The van der Waals surface area contributed by atoms with Gasteiger partial charge in [-0.25, -0.2) is 0 Å². The molecule has 0 nitrogen and oxygen atoms in total. The summed E-state index contributed by atoms with van der Waals surface area (Å²) in [6.45, 7) is 8.90. The van der Waals surface area contributed by atoms with Gasteiger partial charge in [0.05, 0.1) is 0 Å². The first-order valence-corrected chi connectivity index (χ1v) is 7.29. The minimum atomic E-state index is 0.661. The maximum absolute atomic E-state index is 2.45. The van der Waals surface area contributed by atoms with Crippen molar-refractivity contribution in [2.75, 3.05) is 0 Å². The first-order valence-electron chi connectivity index (χ1n) is 7.29. The molecule has 0 aliphatic heterocycles. The van der Waals surface area contributed by atoms with E-state index in [9.17, 15) is 0 Å². The SMILES string of the molecule is CC.CC1CC(C)C12CCc1ccccc1C2. The molecular formula is C17H26. The standard InChI is InChI=1S/C15H20.C2H6/c1-11-9-12(2)15(11)8-7-13-5-3-4-6-14(13)10-15;1-2/h3-6,11-12H,7-10H2,1-2H3;1-2H3. The van der Waals surface area contributed by atoms with Crippen molar-refractivity contribution < 1.29 is 0 Å². The van der Waals surface area contributed by atoms with E-state index in [1.807, 2.05) is 13.8 Å². The molecule has 2 aliphatic carbocycles. The van der Waals surface area contributed by atoms with Crippen LogP contribution in [0.3, 0.4) is 0 Å². The van der Waals surface area contributed by atoms with Crippen LogP contribution in [-0.2, 0) is 12.8 Å². The smallest absolute Gasteiger partial charge is 0.0202 e. The molecule has 2 atom stereocenters. The monoisotopic (exact) mass is 230 g/mol. The molecule has 0 aromatic heterocycles. The quantitative estimate of drug-likeness (QED) is 0.597.